The molecule has 0 radical (unpaired) electrons. The maximum Gasteiger partial charge on any atom is 0.316 e. The maximum atomic E-state index is 12.1. The minimum atomic E-state index is -0.849. The second-order valence-electron chi connectivity index (χ2n) is 5.10. The van der Waals surface area contributed by atoms with Gasteiger partial charge >= 0.3 is 12.0 Å². The van der Waals surface area contributed by atoms with Crippen LogP contribution in [0.2, 0.25) is 0 Å². The summed E-state index contributed by atoms with van der Waals surface area (Å²) in [7, 11) is 0. The van der Waals surface area contributed by atoms with Gasteiger partial charge in [0.05, 0.1) is 5.92 Å². The number of hydrogen-bond donors (Lipinski definition) is 4. The fourth-order valence-corrected chi connectivity index (χ4v) is 2.51. The molecule has 0 spiro atoms. The van der Waals surface area contributed by atoms with E-state index in [1.807, 2.05) is 0 Å². The van der Waals surface area contributed by atoms with Crippen molar-refractivity contribution in [3.63, 3.8) is 0 Å². The highest BCUT2D eigenvalue weighted by atomic mass is 16.4. The molecular formula is C14H17N3O4. The zero-order chi connectivity index (χ0) is 15.4. The van der Waals surface area contributed by atoms with E-state index < -0.39 is 17.9 Å². The molecule has 1 saturated carbocycles. The number of benzene rings is 1. The molecule has 1 aliphatic carbocycles. The number of carbonyl (C=O) groups excluding carboxylic acids is 2. The molecule has 112 valence electrons. The van der Waals surface area contributed by atoms with Crippen LogP contribution in [0.5, 0.6) is 0 Å². The number of rotatable bonds is 4. The zero-order valence-electron chi connectivity index (χ0n) is 11.3. The van der Waals surface area contributed by atoms with Gasteiger partial charge in [0.2, 0.25) is 5.91 Å². The molecule has 7 nitrogen and oxygen atoms in total. The summed E-state index contributed by atoms with van der Waals surface area (Å²) in [5.74, 6) is -1.78. The minimum absolute atomic E-state index is 0.199. The molecule has 0 aliphatic heterocycles. The van der Waals surface area contributed by atoms with Crippen molar-refractivity contribution < 1.29 is 19.5 Å². The highest BCUT2D eigenvalue weighted by Gasteiger charge is 2.33. The topological polar surface area (TPSA) is 122 Å². The highest BCUT2D eigenvalue weighted by Crippen LogP contribution is 2.32. The van der Waals surface area contributed by atoms with Gasteiger partial charge in [0.25, 0.3) is 0 Å². The smallest absolute Gasteiger partial charge is 0.316 e. The third kappa shape index (κ3) is 3.95. The number of anilines is 2. The molecule has 0 unspecified atom stereocenters. The number of carboxylic acids is 1. The van der Waals surface area contributed by atoms with E-state index in [2.05, 4.69) is 10.6 Å². The summed E-state index contributed by atoms with van der Waals surface area (Å²) in [5, 5.41) is 14.1. The summed E-state index contributed by atoms with van der Waals surface area (Å²) < 4.78 is 0. The van der Waals surface area contributed by atoms with Crippen LogP contribution in [0, 0.1) is 11.8 Å². The second kappa shape index (κ2) is 6.25. The van der Waals surface area contributed by atoms with Crippen LogP contribution in [0.1, 0.15) is 19.3 Å². The summed E-state index contributed by atoms with van der Waals surface area (Å²) in [6, 6.07) is 5.92. The summed E-state index contributed by atoms with van der Waals surface area (Å²) in [4.78, 5) is 33.8. The molecule has 21 heavy (non-hydrogen) atoms. The predicted octanol–water partition coefficient (Wildman–Crippen LogP) is 1.62. The van der Waals surface area contributed by atoms with Gasteiger partial charge in [-0.05, 0) is 37.5 Å². The number of carboxylic acid groups (broad SMARTS) is 1. The Hall–Kier alpha value is -2.57. The molecule has 0 bridgehead atoms. The van der Waals surface area contributed by atoms with Crippen molar-refractivity contribution in [2.75, 3.05) is 10.6 Å². The van der Waals surface area contributed by atoms with Gasteiger partial charge in [0.15, 0.2) is 0 Å². The lowest BCUT2D eigenvalue weighted by molar-refractivity contribution is -0.141. The minimum Gasteiger partial charge on any atom is -0.481 e. The van der Waals surface area contributed by atoms with Crippen LogP contribution in [0.4, 0.5) is 16.2 Å². The number of hydrogen-bond acceptors (Lipinski definition) is 3. The van der Waals surface area contributed by atoms with Gasteiger partial charge in [-0.3, -0.25) is 9.59 Å². The van der Waals surface area contributed by atoms with Crippen LogP contribution in [-0.2, 0) is 9.59 Å². The largest absolute Gasteiger partial charge is 0.481 e. The Morgan fingerprint density at radius 3 is 2.29 bits per heavy atom. The van der Waals surface area contributed by atoms with Crippen LogP contribution in [0.25, 0.3) is 0 Å². The van der Waals surface area contributed by atoms with E-state index in [4.69, 9.17) is 10.8 Å². The molecule has 7 heteroatoms. The first kappa shape index (κ1) is 14.8. The molecular weight excluding hydrogens is 274 g/mol. The van der Waals surface area contributed by atoms with Crippen molar-refractivity contribution in [2.45, 2.75) is 19.3 Å². The zero-order valence-corrected chi connectivity index (χ0v) is 11.3. The quantitative estimate of drug-likeness (QED) is 0.673. The summed E-state index contributed by atoms with van der Waals surface area (Å²) in [6.07, 6.45) is 1.46. The average Bonchev–Trinajstić information content (AvgIpc) is 2.88. The Bertz CT molecular complexity index is 573. The van der Waals surface area contributed by atoms with Gasteiger partial charge in [0, 0.05) is 17.3 Å². The van der Waals surface area contributed by atoms with Crippen molar-refractivity contribution in [1.29, 1.82) is 0 Å². The molecule has 3 amide bonds. The molecule has 1 aromatic carbocycles. The SMILES string of the molecule is NC(=O)Nc1cccc(NC(=O)[C@@H]2CC[C@H](C(=O)O)C2)c1. The summed E-state index contributed by atoms with van der Waals surface area (Å²) >= 11 is 0. The van der Waals surface area contributed by atoms with E-state index in [0.717, 1.165) is 0 Å². The number of nitrogens with two attached hydrogens (primary N) is 1. The molecule has 0 saturated heterocycles. The standard InChI is InChI=1S/C14H17N3O4/c15-14(21)17-11-3-1-2-10(7-11)16-12(18)8-4-5-9(6-8)13(19)20/h1-3,7-9H,4-6H2,(H,16,18)(H,19,20)(H3,15,17,21)/t8-,9+/m1/s1. The Morgan fingerprint density at radius 2 is 1.71 bits per heavy atom. The van der Waals surface area contributed by atoms with Gasteiger partial charge in [0.1, 0.15) is 0 Å². The number of carbonyl (C=O) groups is 3. The second-order valence-corrected chi connectivity index (χ2v) is 5.10. The van der Waals surface area contributed by atoms with E-state index in [-0.39, 0.29) is 11.8 Å². The lowest BCUT2D eigenvalue weighted by atomic mass is 10.0. The van der Waals surface area contributed by atoms with E-state index in [0.29, 0.717) is 30.6 Å². The van der Waals surface area contributed by atoms with Crippen molar-refractivity contribution >= 4 is 29.3 Å². The predicted molar refractivity (Wildman–Crippen MR) is 76.7 cm³/mol. The van der Waals surface area contributed by atoms with E-state index in [9.17, 15) is 14.4 Å². The van der Waals surface area contributed by atoms with Gasteiger partial charge in [-0.25, -0.2) is 4.79 Å². The van der Waals surface area contributed by atoms with Crippen molar-refractivity contribution in [3.05, 3.63) is 24.3 Å². The lowest BCUT2D eigenvalue weighted by Gasteiger charge is -2.12. The number of aliphatic carboxylic acids is 1. The van der Waals surface area contributed by atoms with E-state index >= 15 is 0 Å². The first-order chi connectivity index (χ1) is 9.95. The van der Waals surface area contributed by atoms with Gasteiger partial charge < -0.3 is 21.5 Å². The van der Waals surface area contributed by atoms with Crippen molar-refractivity contribution in [1.82, 2.24) is 0 Å². The first-order valence-corrected chi connectivity index (χ1v) is 6.66. The Labute approximate surface area is 121 Å². The Balaban J connectivity index is 1.97. The van der Waals surface area contributed by atoms with E-state index in [1.54, 1.807) is 24.3 Å². The van der Waals surface area contributed by atoms with Crippen LogP contribution >= 0.6 is 0 Å². The number of primary amides is 1. The van der Waals surface area contributed by atoms with Gasteiger partial charge in [-0.2, -0.15) is 0 Å². The van der Waals surface area contributed by atoms with Crippen molar-refractivity contribution in [3.8, 4) is 0 Å². The average molecular weight is 291 g/mol. The fourth-order valence-electron chi connectivity index (χ4n) is 2.51. The number of urea groups is 1. The number of amides is 3. The molecule has 1 aromatic rings. The Morgan fingerprint density at radius 1 is 1.10 bits per heavy atom. The van der Waals surface area contributed by atoms with Crippen LogP contribution in [0.3, 0.4) is 0 Å². The Kier molecular flexibility index (Phi) is 4.42. The summed E-state index contributed by atoms with van der Waals surface area (Å²) in [6.45, 7) is 0. The van der Waals surface area contributed by atoms with E-state index in [1.165, 1.54) is 0 Å². The molecule has 1 aliphatic rings. The van der Waals surface area contributed by atoms with Gasteiger partial charge in [-0.1, -0.05) is 6.07 Å². The molecule has 2 rings (SSSR count). The van der Waals surface area contributed by atoms with Crippen LogP contribution in [-0.4, -0.2) is 23.0 Å². The van der Waals surface area contributed by atoms with Crippen molar-refractivity contribution in [2.24, 2.45) is 17.6 Å². The lowest BCUT2D eigenvalue weighted by Crippen LogP contribution is -2.22. The third-order valence-electron chi connectivity index (χ3n) is 3.55. The third-order valence-corrected chi connectivity index (χ3v) is 3.55. The van der Waals surface area contributed by atoms with Crippen LogP contribution in [0.15, 0.2) is 24.3 Å². The fraction of sp³-hybridized carbons (Fsp3) is 0.357. The molecule has 0 aromatic heterocycles. The molecule has 2 atom stereocenters. The number of nitrogens with one attached hydrogen (secondary N) is 2. The highest BCUT2D eigenvalue weighted by molar-refractivity contribution is 5.94. The first-order valence-electron chi connectivity index (χ1n) is 6.66. The molecule has 1 fully saturated rings. The maximum absolute atomic E-state index is 12.1. The molecule has 0 heterocycles. The summed E-state index contributed by atoms with van der Waals surface area (Å²) in [5.41, 5.74) is 6.04. The van der Waals surface area contributed by atoms with Crippen LogP contribution < -0.4 is 16.4 Å². The monoisotopic (exact) mass is 291 g/mol. The van der Waals surface area contributed by atoms with Gasteiger partial charge in [-0.15, -0.1) is 0 Å². The molecule has 5 N–H and O–H groups in total. The normalized spacial score (nSPS) is 20.8.